The zero-order valence-corrected chi connectivity index (χ0v) is 15.3. The van der Waals surface area contributed by atoms with Gasteiger partial charge in [0.25, 0.3) is 0 Å². The second-order valence-corrected chi connectivity index (χ2v) is 8.00. The molecule has 1 heterocycles. The summed E-state index contributed by atoms with van der Waals surface area (Å²) in [6.45, 7) is 0.686. The topological polar surface area (TPSA) is 58.2 Å². The molecule has 1 aromatic rings. The normalized spacial score (nSPS) is 21.0. The fraction of sp³-hybridized carbons (Fsp3) is 0.625. The van der Waals surface area contributed by atoms with Crippen molar-refractivity contribution in [2.75, 3.05) is 12.4 Å². The lowest BCUT2D eigenvalue weighted by Crippen LogP contribution is -2.40. The highest BCUT2D eigenvalue weighted by molar-refractivity contribution is 7.16. The van der Waals surface area contributed by atoms with E-state index in [2.05, 4.69) is 10.6 Å². The summed E-state index contributed by atoms with van der Waals surface area (Å²) in [6, 6.07) is 4.10. The van der Waals surface area contributed by atoms with E-state index in [1.165, 1.54) is 11.3 Å². The third kappa shape index (κ3) is 6.69. The molecule has 0 unspecified atom stereocenters. The van der Waals surface area contributed by atoms with Crippen LogP contribution in [0.15, 0.2) is 12.1 Å². The molecule has 2 rings (SSSR count). The fourth-order valence-electron chi connectivity index (χ4n) is 2.84. The van der Waals surface area contributed by atoms with Gasteiger partial charge in [-0.2, -0.15) is 0 Å². The van der Waals surface area contributed by atoms with Crippen LogP contribution in [0.1, 0.15) is 37.0 Å². The van der Waals surface area contributed by atoms with E-state index in [0.717, 1.165) is 41.3 Å². The third-order valence-electron chi connectivity index (χ3n) is 4.15. The molecule has 0 aliphatic heterocycles. The first-order valence-electron chi connectivity index (χ1n) is 7.93. The van der Waals surface area contributed by atoms with Gasteiger partial charge in [-0.25, -0.2) is 0 Å². The van der Waals surface area contributed by atoms with Gasteiger partial charge >= 0.3 is 0 Å². The van der Waals surface area contributed by atoms with Crippen molar-refractivity contribution in [3.05, 3.63) is 21.3 Å². The van der Waals surface area contributed by atoms with Crippen LogP contribution in [-0.2, 0) is 16.0 Å². The van der Waals surface area contributed by atoms with Crippen molar-refractivity contribution in [2.24, 2.45) is 5.92 Å². The van der Waals surface area contributed by atoms with E-state index in [1.54, 1.807) is 0 Å². The third-order valence-corrected chi connectivity index (χ3v) is 5.68. The largest absolute Gasteiger partial charge is 0.355 e. The lowest BCUT2D eigenvalue weighted by atomic mass is 9.86. The van der Waals surface area contributed by atoms with E-state index >= 15 is 0 Å². The molecule has 0 saturated heterocycles. The van der Waals surface area contributed by atoms with Crippen LogP contribution in [0.4, 0.5) is 0 Å². The van der Waals surface area contributed by atoms with E-state index in [1.807, 2.05) is 12.1 Å². The van der Waals surface area contributed by atoms with Gasteiger partial charge in [0.05, 0.1) is 4.34 Å². The number of nitrogens with one attached hydrogen (secondary N) is 2. The summed E-state index contributed by atoms with van der Waals surface area (Å²) in [5.74, 6) is 0.494. The Morgan fingerprint density at radius 2 is 1.91 bits per heavy atom. The highest BCUT2D eigenvalue weighted by atomic mass is 35.5. The maximum atomic E-state index is 12.0. The minimum Gasteiger partial charge on any atom is -0.355 e. The molecule has 2 N–H and O–H groups in total. The molecule has 1 aliphatic rings. The Kier molecular flexibility index (Phi) is 7.66. The standard InChI is InChI=1S/C16H22Cl2N2O2S/c17-9-16(22)19-10-11-1-3-12(4-2-11)20-15(21)8-6-13-5-7-14(18)23-13/h5,7,11-12H,1-4,6,8-10H2,(H,19,22)(H,20,21). The van der Waals surface area contributed by atoms with Crippen LogP contribution >= 0.6 is 34.5 Å². The van der Waals surface area contributed by atoms with E-state index in [-0.39, 0.29) is 23.7 Å². The van der Waals surface area contributed by atoms with Crippen molar-refractivity contribution >= 4 is 46.4 Å². The zero-order chi connectivity index (χ0) is 16.7. The lowest BCUT2D eigenvalue weighted by Gasteiger charge is -2.29. The fourth-order valence-corrected chi connectivity index (χ4v) is 4.02. The van der Waals surface area contributed by atoms with E-state index in [4.69, 9.17) is 23.2 Å². The number of amides is 2. The number of thiophene rings is 1. The highest BCUT2D eigenvalue weighted by Crippen LogP contribution is 2.24. The molecule has 1 fully saturated rings. The van der Waals surface area contributed by atoms with Crippen LogP contribution in [0.25, 0.3) is 0 Å². The first-order chi connectivity index (χ1) is 11.1. The first kappa shape index (κ1) is 18.6. The first-order valence-corrected chi connectivity index (χ1v) is 9.66. The summed E-state index contributed by atoms with van der Waals surface area (Å²) in [6.07, 6.45) is 5.23. The average Bonchev–Trinajstić information content (AvgIpc) is 2.97. The van der Waals surface area contributed by atoms with Crippen LogP contribution in [0.3, 0.4) is 0 Å². The van der Waals surface area contributed by atoms with Gasteiger partial charge in [0, 0.05) is 23.9 Å². The predicted molar refractivity (Wildman–Crippen MR) is 95.3 cm³/mol. The Bertz CT molecular complexity index is 528. The monoisotopic (exact) mass is 376 g/mol. The summed E-state index contributed by atoms with van der Waals surface area (Å²) in [5, 5.41) is 5.95. The molecule has 23 heavy (non-hydrogen) atoms. The maximum Gasteiger partial charge on any atom is 0.234 e. The summed E-state index contributed by atoms with van der Waals surface area (Å²) in [7, 11) is 0. The summed E-state index contributed by atoms with van der Waals surface area (Å²) < 4.78 is 0.764. The van der Waals surface area contributed by atoms with Crippen LogP contribution in [0, 0.1) is 5.92 Å². The molecule has 0 spiro atoms. The number of rotatable bonds is 7. The average molecular weight is 377 g/mol. The van der Waals surface area contributed by atoms with Gasteiger partial charge in [-0.15, -0.1) is 22.9 Å². The number of aryl methyl sites for hydroxylation is 1. The summed E-state index contributed by atoms with van der Waals surface area (Å²) in [4.78, 5) is 24.3. The molecule has 1 saturated carbocycles. The Morgan fingerprint density at radius 1 is 1.17 bits per heavy atom. The Labute approximate surface area is 150 Å². The van der Waals surface area contributed by atoms with E-state index in [0.29, 0.717) is 18.9 Å². The molecule has 4 nitrogen and oxygen atoms in total. The van der Waals surface area contributed by atoms with Crippen molar-refractivity contribution < 1.29 is 9.59 Å². The molecule has 2 amide bonds. The highest BCUT2D eigenvalue weighted by Gasteiger charge is 2.22. The molecule has 0 bridgehead atoms. The van der Waals surface area contributed by atoms with Gasteiger partial charge in [-0.05, 0) is 50.2 Å². The zero-order valence-electron chi connectivity index (χ0n) is 12.9. The van der Waals surface area contributed by atoms with Gasteiger partial charge in [0.1, 0.15) is 5.88 Å². The van der Waals surface area contributed by atoms with E-state index in [9.17, 15) is 9.59 Å². The second-order valence-electron chi connectivity index (χ2n) is 5.93. The van der Waals surface area contributed by atoms with Crippen LogP contribution < -0.4 is 10.6 Å². The molecule has 7 heteroatoms. The van der Waals surface area contributed by atoms with Gasteiger partial charge in [0.15, 0.2) is 0 Å². The molecule has 128 valence electrons. The SMILES string of the molecule is O=C(CCl)NCC1CCC(NC(=O)CCc2ccc(Cl)s2)CC1. The summed E-state index contributed by atoms with van der Waals surface area (Å²) >= 11 is 12.9. The maximum absolute atomic E-state index is 12.0. The lowest BCUT2D eigenvalue weighted by molar-refractivity contribution is -0.122. The second kappa shape index (κ2) is 9.50. The molecular formula is C16H22Cl2N2O2S. The number of carbonyl (C=O) groups is 2. The van der Waals surface area contributed by atoms with Gasteiger partial charge in [-0.1, -0.05) is 11.6 Å². The molecule has 0 atom stereocenters. The Morgan fingerprint density at radius 3 is 2.52 bits per heavy atom. The quantitative estimate of drug-likeness (QED) is 0.716. The van der Waals surface area contributed by atoms with Crippen molar-refractivity contribution in [3.8, 4) is 0 Å². The van der Waals surface area contributed by atoms with Gasteiger partial charge < -0.3 is 10.6 Å². The molecule has 1 aliphatic carbocycles. The Hall–Kier alpha value is -0.780. The van der Waals surface area contributed by atoms with Gasteiger partial charge in [0.2, 0.25) is 11.8 Å². The number of hydrogen-bond donors (Lipinski definition) is 2. The molecule has 0 radical (unpaired) electrons. The van der Waals surface area contributed by atoms with Crippen LogP contribution in [0.2, 0.25) is 4.34 Å². The van der Waals surface area contributed by atoms with Crippen molar-refractivity contribution in [3.63, 3.8) is 0 Å². The van der Waals surface area contributed by atoms with Crippen LogP contribution in [0.5, 0.6) is 0 Å². The number of halogens is 2. The summed E-state index contributed by atoms with van der Waals surface area (Å²) in [5.41, 5.74) is 0. The number of carbonyl (C=O) groups excluding carboxylic acids is 2. The van der Waals surface area contributed by atoms with Gasteiger partial charge in [-0.3, -0.25) is 9.59 Å². The van der Waals surface area contributed by atoms with E-state index < -0.39 is 0 Å². The smallest absolute Gasteiger partial charge is 0.234 e. The number of hydrogen-bond acceptors (Lipinski definition) is 3. The van der Waals surface area contributed by atoms with Crippen molar-refractivity contribution in [1.29, 1.82) is 0 Å². The molecule has 1 aromatic heterocycles. The van der Waals surface area contributed by atoms with Crippen molar-refractivity contribution in [1.82, 2.24) is 10.6 Å². The molecular weight excluding hydrogens is 355 g/mol. The minimum atomic E-state index is -0.115. The molecule has 0 aromatic carbocycles. The minimum absolute atomic E-state index is 0.0147. The van der Waals surface area contributed by atoms with Crippen molar-refractivity contribution in [2.45, 2.75) is 44.6 Å². The number of alkyl halides is 1. The Balaban J connectivity index is 1.61. The van der Waals surface area contributed by atoms with Crippen LogP contribution in [-0.4, -0.2) is 30.3 Å². The predicted octanol–water partition coefficient (Wildman–Crippen LogP) is 3.36.